The van der Waals surface area contributed by atoms with E-state index in [9.17, 15) is 9.59 Å². The molecule has 1 fully saturated rings. The Labute approximate surface area is 106 Å². The van der Waals surface area contributed by atoms with Gasteiger partial charge in [-0.15, -0.1) is 0 Å². The molecule has 1 aliphatic heterocycles. The van der Waals surface area contributed by atoms with Crippen molar-refractivity contribution in [2.24, 2.45) is 0 Å². The van der Waals surface area contributed by atoms with Gasteiger partial charge in [0.05, 0.1) is 12.8 Å². The number of hydrogen-bond donors (Lipinski definition) is 0. The lowest BCUT2D eigenvalue weighted by Gasteiger charge is -2.23. The van der Waals surface area contributed by atoms with Crippen molar-refractivity contribution in [2.75, 3.05) is 19.6 Å². The highest BCUT2D eigenvalue weighted by atomic mass is 16.3. The molecule has 1 aromatic heterocycles. The minimum atomic E-state index is -0.112. The third kappa shape index (κ3) is 3.12. The highest BCUT2D eigenvalue weighted by molar-refractivity contribution is 5.83. The van der Waals surface area contributed by atoms with Gasteiger partial charge in [-0.3, -0.25) is 9.59 Å². The van der Waals surface area contributed by atoms with E-state index >= 15 is 0 Å². The standard InChI is InChI=1S/C13H18N2O3/c1-11(16)15(9-12-5-4-8-18-12)10-13(17)14-6-2-3-7-14/h4-5,8H,2-3,6-7,9-10H2,1H3. The van der Waals surface area contributed by atoms with Crippen LogP contribution in [0.5, 0.6) is 0 Å². The summed E-state index contributed by atoms with van der Waals surface area (Å²) in [5, 5.41) is 0. The Kier molecular flexibility index (Phi) is 4.02. The summed E-state index contributed by atoms with van der Waals surface area (Å²) in [5.74, 6) is 0.604. The molecule has 2 heterocycles. The minimum Gasteiger partial charge on any atom is -0.467 e. The fourth-order valence-corrected chi connectivity index (χ4v) is 2.10. The van der Waals surface area contributed by atoms with Gasteiger partial charge in [0.15, 0.2) is 0 Å². The molecule has 1 aromatic rings. The first-order chi connectivity index (χ1) is 8.66. The number of rotatable bonds is 4. The molecule has 98 valence electrons. The van der Waals surface area contributed by atoms with Crippen molar-refractivity contribution >= 4 is 11.8 Å². The zero-order valence-electron chi connectivity index (χ0n) is 10.6. The van der Waals surface area contributed by atoms with Crippen LogP contribution in [0.1, 0.15) is 25.5 Å². The largest absolute Gasteiger partial charge is 0.467 e. The van der Waals surface area contributed by atoms with Crippen LogP contribution in [-0.4, -0.2) is 41.2 Å². The molecule has 2 rings (SSSR count). The van der Waals surface area contributed by atoms with Crippen molar-refractivity contribution in [1.82, 2.24) is 9.80 Å². The molecule has 18 heavy (non-hydrogen) atoms. The van der Waals surface area contributed by atoms with E-state index < -0.39 is 0 Å². The predicted molar refractivity (Wildman–Crippen MR) is 65.6 cm³/mol. The molecule has 0 atom stereocenters. The van der Waals surface area contributed by atoms with E-state index in [0.717, 1.165) is 25.9 Å². The average molecular weight is 250 g/mol. The first-order valence-electron chi connectivity index (χ1n) is 6.22. The number of nitrogens with zero attached hydrogens (tertiary/aromatic N) is 2. The topological polar surface area (TPSA) is 53.8 Å². The fourth-order valence-electron chi connectivity index (χ4n) is 2.10. The van der Waals surface area contributed by atoms with Crippen molar-refractivity contribution in [3.63, 3.8) is 0 Å². The van der Waals surface area contributed by atoms with Gasteiger partial charge in [0.2, 0.25) is 11.8 Å². The zero-order valence-corrected chi connectivity index (χ0v) is 10.6. The molecular weight excluding hydrogens is 232 g/mol. The fraction of sp³-hybridized carbons (Fsp3) is 0.538. The first-order valence-corrected chi connectivity index (χ1v) is 6.22. The molecule has 0 aliphatic carbocycles. The smallest absolute Gasteiger partial charge is 0.242 e. The SMILES string of the molecule is CC(=O)N(CC(=O)N1CCCC1)Cc1ccco1. The maximum atomic E-state index is 12.0. The van der Waals surface area contributed by atoms with Crippen LogP contribution in [0.2, 0.25) is 0 Å². The second kappa shape index (κ2) is 5.71. The van der Waals surface area contributed by atoms with Gasteiger partial charge in [0, 0.05) is 20.0 Å². The molecule has 0 radical (unpaired) electrons. The third-order valence-corrected chi connectivity index (χ3v) is 3.16. The Balaban J connectivity index is 1.93. The summed E-state index contributed by atoms with van der Waals surface area (Å²) in [4.78, 5) is 26.9. The lowest BCUT2D eigenvalue weighted by Crippen LogP contribution is -2.40. The summed E-state index contributed by atoms with van der Waals surface area (Å²) < 4.78 is 5.20. The highest BCUT2D eigenvalue weighted by Gasteiger charge is 2.22. The van der Waals surface area contributed by atoms with Crippen LogP contribution < -0.4 is 0 Å². The molecule has 0 saturated carbocycles. The Hall–Kier alpha value is -1.78. The molecule has 0 spiro atoms. The highest BCUT2D eigenvalue weighted by Crippen LogP contribution is 2.10. The van der Waals surface area contributed by atoms with Crippen LogP contribution in [0.25, 0.3) is 0 Å². The van der Waals surface area contributed by atoms with E-state index in [0.29, 0.717) is 12.3 Å². The van der Waals surface area contributed by atoms with Crippen LogP contribution >= 0.6 is 0 Å². The maximum absolute atomic E-state index is 12.0. The Morgan fingerprint density at radius 2 is 2.11 bits per heavy atom. The van der Waals surface area contributed by atoms with Gasteiger partial charge in [0.1, 0.15) is 12.3 Å². The van der Waals surface area contributed by atoms with Crippen molar-refractivity contribution in [1.29, 1.82) is 0 Å². The van der Waals surface area contributed by atoms with Crippen LogP contribution in [0.4, 0.5) is 0 Å². The van der Waals surface area contributed by atoms with Gasteiger partial charge in [-0.05, 0) is 25.0 Å². The van der Waals surface area contributed by atoms with Gasteiger partial charge in [0.25, 0.3) is 0 Å². The molecule has 1 aliphatic rings. The van der Waals surface area contributed by atoms with Crippen LogP contribution in [-0.2, 0) is 16.1 Å². The molecule has 0 aromatic carbocycles. The number of likely N-dealkylation sites (tertiary alicyclic amines) is 1. The second-order valence-electron chi connectivity index (χ2n) is 4.54. The van der Waals surface area contributed by atoms with Crippen LogP contribution in [0, 0.1) is 0 Å². The van der Waals surface area contributed by atoms with Crippen molar-refractivity contribution in [3.05, 3.63) is 24.2 Å². The number of furan rings is 1. The second-order valence-corrected chi connectivity index (χ2v) is 4.54. The molecule has 0 bridgehead atoms. The minimum absolute atomic E-state index is 0.0225. The summed E-state index contributed by atoms with van der Waals surface area (Å²) in [6, 6.07) is 3.58. The average Bonchev–Trinajstić information content (AvgIpc) is 3.00. The summed E-state index contributed by atoms with van der Waals surface area (Å²) in [5.41, 5.74) is 0. The van der Waals surface area contributed by atoms with E-state index in [1.54, 1.807) is 18.4 Å². The van der Waals surface area contributed by atoms with E-state index in [4.69, 9.17) is 4.42 Å². The quantitative estimate of drug-likeness (QED) is 0.808. The summed E-state index contributed by atoms with van der Waals surface area (Å²) in [6.07, 6.45) is 3.68. The van der Waals surface area contributed by atoms with E-state index in [1.807, 2.05) is 4.90 Å². The molecule has 0 N–H and O–H groups in total. The Morgan fingerprint density at radius 3 is 2.67 bits per heavy atom. The molecule has 5 heteroatoms. The third-order valence-electron chi connectivity index (χ3n) is 3.16. The van der Waals surface area contributed by atoms with E-state index in [2.05, 4.69) is 0 Å². The summed E-state index contributed by atoms with van der Waals surface area (Å²) >= 11 is 0. The number of amides is 2. The molecule has 1 saturated heterocycles. The molecule has 2 amide bonds. The Bertz CT molecular complexity index is 408. The predicted octanol–water partition coefficient (Wildman–Crippen LogP) is 1.25. The summed E-state index contributed by atoms with van der Waals surface area (Å²) in [6.45, 7) is 3.58. The van der Waals surface area contributed by atoms with Crippen molar-refractivity contribution in [2.45, 2.75) is 26.3 Å². The number of hydrogen-bond acceptors (Lipinski definition) is 3. The van der Waals surface area contributed by atoms with Crippen LogP contribution in [0.15, 0.2) is 22.8 Å². The summed E-state index contributed by atoms with van der Waals surface area (Å²) in [7, 11) is 0. The van der Waals surface area contributed by atoms with Crippen LogP contribution in [0.3, 0.4) is 0 Å². The molecule has 0 unspecified atom stereocenters. The maximum Gasteiger partial charge on any atom is 0.242 e. The number of carbonyl (C=O) groups excluding carboxylic acids is 2. The van der Waals surface area contributed by atoms with Gasteiger partial charge in [-0.1, -0.05) is 0 Å². The monoisotopic (exact) mass is 250 g/mol. The lowest BCUT2D eigenvalue weighted by molar-refractivity contribution is -0.139. The normalized spacial score (nSPS) is 14.8. The first kappa shape index (κ1) is 12.7. The zero-order chi connectivity index (χ0) is 13.0. The Morgan fingerprint density at radius 1 is 1.39 bits per heavy atom. The van der Waals surface area contributed by atoms with E-state index in [1.165, 1.54) is 11.8 Å². The van der Waals surface area contributed by atoms with Crippen molar-refractivity contribution < 1.29 is 14.0 Å². The van der Waals surface area contributed by atoms with Gasteiger partial charge < -0.3 is 14.2 Å². The lowest BCUT2D eigenvalue weighted by atomic mass is 10.3. The number of carbonyl (C=O) groups is 2. The van der Waals surface area contributed by atoms with Gasteiger partial charge >= 0.3 is 0 Å². The van der Waals surface area contributed by atoms with E-state index in [-0.39, 0.29) is 18.4 Å². The molecule has 5 nitrogen and oxygen atoms in total. The van der Waals surface area contributed by atoms with Crippen molar-refractivity contribution in [3.8, 4) is 0 Å². The van der Waals surface area contributed by atoms with Gasteiger partial charge in [-0.2, -0.15) is 0 Å². The molecular formula is C13H18N2O3. The van der Waals surface area contributed by atoms with Gasteiger partial charge in [-0.25, -0.2) is 0 Å².